The first-order chi connectivity index (χ1) is 11.6. The monoisotopic (exact) mass is 325 g/mol. The SMILES string of the molecule is CN(C)C[C@@H]1COc2ccccc2CN1C(=O)Cc1ccccn1. The first-order valence-electron chi connectivity index (χ1n) is 8.18. The van der Waals surface area contributed by atoms with Crippen molar-refractivity contribution in [2.45, 2.75) is 19.0 Å². The molecule has 0 unspecified atom stereocenters. The fourth-order valence-electron chi connectivity index (χ4n) is 2.99. The van der Waals surface area contributed by atoms with Crippen molar-refractivity contribution in [3.8, 4) is 5.75 Å². The molecule has 0 bridgehead atoms. The van der Waals surface area contributed by atoms with Crippen LogP contribution in [0.1, 0.15) is 11.3 Å². The van der Waals surface area contributed by atoms with E-state index in [0.717, 1.165) is 23.6 Å². The summed E-state index contributed by atoms with van der Waals surface area (Å²) in [5.41, 5.74) is 1.85. The molecule has 1 aliphatic rings. The second-order valence-electron chi connectivity index (χ2n) is 6.35. The molecule has 5 nitrogen and oxygen atoms in total. The smallest absolute Gasteiger partial charge is 0.229 e. The molecule has 1 atom stereocenters. The average molecular weight is 325 g/mol. The van der Waals surface area contributed by atoms with Crippen LogP contribution in [0.15, 0.2) is 48.7 Å². The lowest BCUT2D eigenvalue weighted by atomic mass is 10.1. The first-order valence-corrected chi connectivity index (χ1v) is 8.18. The van der Waals surface area contributed by atoms with E-state index in [1.165, 1.54) is 0 Å². The highest BCUT2D eigenvalue weighted by molar-refractivity contribution is 5.79. The van der Waals surface area contributed by atoms with Crippen LogP contribution >= 0.6 is 0 Å². The summed E-state index contributed by atoms with van der Waals surface area (Å²) in [6, 6.07) is 13.6. The largest absolute Gasteiger partial charge is 0.491 e. The van der Waals surface area contributed by atoms with Crippen LogP contribution in [0.5, 0.6) is 5.75 Å². The van der Waals surface area contributed by atoms with Crippen molar-refractivity contribution in [3.05, 3.63) is 59.9 Å². The topological polar surface area (TPSA) is 45.7 Å². The van der Waals surface area contributed by atoms with Gasteiger partial charge in [-0.15, -0.1) is 0 Å². The number of carbonyl (C=O) groups excluding carboxylic acids is 1. The van der Waals surface area contributed by atoms with E-state index < -0.39 is 0 Å². The van der Waals surface area contributed by atoms with Crippen LogP contribution in [0.4, 0.5) is 0 Å². The van der Waals surface area contributed by atoms with Gasteiger partial charge in [0.25, 0.3) is 0 Å². The van der Waals surface area contributed by atoms with Crippen molar-refractivity contribution in [3.63, 3.8) is 0 Å². The third-order valence-electron chi connectivity index (χ3n) is 4.14. The molecular weight excluding hydrogens is 302 g/mol. The van der Waals surface area contributed by atoms with Crippen molar-refractivity contribution >= 4 is 5.91 Å². The zero-order chi connectivity index (χ0) is 16.9. The Morgan fingerprint density at radius 3 is 2.79 bits per heavy atom. The van der Waals surface area contributed by atoms with Crippen LogP contribution < -0.4 is 4.74 Å². The molecular formula is C19H23N3O2. The summed E-state index contributed by atoms with van der Waals surface area (Å²) in [7, 11) is 4.03. The molecule has 2 heterocycles. The van der Waals surface area contributed by atoms with E-state index in [4.69, 9.17) is 4.74 Å². The predicted molar refractivity (Wildman–Crippen MR) is 92.8 cm³/mol. The molecule has 126 valence electrons. The molecule has 2 aromatic rings. The van der Waals surface area contributed by atoms with Gasteiger partial charge in [-0.3, -0.25) is 9.78 Å². The highest BCUT2D eigenvalue weighted by Crippen LogP contribution is 2.25. The highest BCUT2D eigenvalue weighted by Gasteiger charge is 2.29. The number of benzene rings is 1. The lowest BCUT2D eigenvalue weighted by molar-refractivity contribution is -0.134. The number of hydrogen-bond donors (Lipinski definition) is 0. The van der Waals surface area contributed by atoms with Crippen molar-refractivity contribution < 1.29 is 9.53 Å². The summed E-state index contributed by atoms with van der Waals surface area (Å²) < 4.78 is 5.96. The van der Waals surface area contributed by atoms with Gasteiger partial charge >= 0.3 is 0 Å². The number of rotatable bonds is 4. The van der Waals surface area contributed by atoms with Gasteiger partial charge in [0, 0.05) is 30.5 Å². The van der Waals surface area contributed by atoms with Crippen LogP contribution in [-0.2, 0) is 17.8 Å². The molecule has 0 spiro atoms. The Bertz CT molecular complexity index is 688. The fraction of sp³-hybridized carbons (Fsp3) is 0.368. The maximum absolute atomic E-state index is 12.9. The summed E-state index contributed by atoms with van der Waals surface area (Å²) in [5, 5.41) is 0. The van der Waals surface area contributed by atoms with Crippen molar-refractivity contribution in [2.75, 3.05) is 27.2 Å². The lowest BCUT2D eigenvalue weighted by Gasteiger charge is -2.31. The zero-order valence-corrected chi connectivity index (χ0v) is 14.2. The number of nitrogens with zero attached hydrogens (tertiary/aromatic N) is 3. The molecule has 0 N–H and O–H groups in total. The normalized spacial score (nSPS) is 17.1. The minimum Gasteiger partial charge on any atom is -0.491 e. The highest BCUT2D eigenvalue weighted by atomic mass is 16.5. The maximum Gasteiger partial charge on any atom is 0.229 e. The van der Waals surface area contributed by atoms with Crippen LogP contribution in [0.25, 0.3) is 0 Å². The number of ether oxygens (including phenoxy) is 1. The van der Waals surface area contributed by atoms with E-state index in [0.29, 0.717) is 19.6 Å². The number of hydrogen-bond acceptors (Lipinski definition) is 4. The molecule has 0 saturated carbocycles. The number of amides is 1. The Morgan fingerprint density at radius 1 is 1.25 bits per heavy atom. The Kier molecular flexibility index (Phi) is 5.11. The summed E-state index contributed by atoms with van der Waals surface area (Å²) >= 11 is 0. The molecule has 24 heavy (non-hydrogen) atoms. The average Bonchev–Trinajstić information content (AvgIpc) is 2.75. The molecule has 0 radical (unpaired) electrons. The van der Waals surface area contributed by atoms with Gasteiger partial charge in [0.15, 0.2) is 0 Å². The molecule has 1 amide bonds. The molecule has 1 aliphatic heterocycles. The third-order valence-corrected chi connectivity index (χ3v) is 4.14. The maximum atomic E-state index is 12.9. The Morgan fingerprint density at radius 2 is 2.04 bits per heavy atom. The van der Waals surface area contributed by atoms with Gasteiger partial charge in [-0.1, -0.05) is 24.3 Å². The summed E-state index contributed by atoms with van der Waals surface area (Å²) in [4.78, 5) is 21.2. The molecule has 3 rings (SSSR count). The number of para-hydroxylation sites is 1. The van der Waals surface area contributed by atoms with Crippen molar-refractivity contribution in [1.29, 1.82) is 0 Å². The number of fused-ring (bicyclic) bond motifs is 1. The standard InChI is InChI=1S/C19H23N3O2/c1-21(2)13-17-14-24-18-9-4-3-7-15(18)12-22(17)19(23)11-16-8-5-6-10-20-16/h3-10,17H,11-14H2,1-2H3/t17-/m1/s1. The van der Waals surface area contributed by atoms with Gasteiger partial charge < -0.3 is 14.5 Å². The zero-order valence-electron chi connectivity index (χ0n) is 14.2. The van der Waals surface area contributed by atoms with Crippen LogP contribution in [0.2, 0.25) is 0 Å². The molecule has 0 aliphatic carbocycles. The van der Waals surface area contributed by atoms with Crippen molar-refractivity contribution in [2.24, 2.45) is 0 Å². The number of pyridine rings is 1. The summed E-state index contributed by atoms with van der Waals surface area (Å²) in [5.74, 6) is 0.954. The first kappa shape index (κ1) is 16.5. The fourth-order valence-corrected chi connectivity index (χ4v) is 2.99. The van der Waals surface area contributed by atoms with E-state index >= 15 is 0 Å². The number of likely N-dealkylation sites (N-methyl/N-ethyl adjacent to an activating group) is 1. The van der Waals surface area contributed by atoms with E-state index in [9.17, 15) is 4.79 Å². The Labute approximate surface area is 142 Å². The summed E-state index contributed by atoms with van der Waals surface area (Å²) in [6.45, 7) is 1.84. The van der Waals surface area contributed by atoms with Gasteiger partial charge in [0.05, 0.1) is 12.5 Å². The minimum atomic E-state index is 0.0172. The Hall–Kier alpha value is -2.40. The second kappa shape index (κ2) is 7.45. The molecule has 0 saturated heterocycles. The molecule has 1 aromatic heterocycles. The van der Waals surface area contributed by atoms with Gasteiger partial charge in [-0.2, -0.15) is 0 Å². The van der Waals surface area contributed by atoms with Gasteiger partial charge in [0.1, 0.15) is 12.4 Å². The third kappa shape index (κ3) is 3.92. The molecule has 1 aromatic carbocycles. The van der Waals surface area contributed by atoms with E-state index in [1.807, 2.05) is 61.5 Å². The van der Waals surface area contributed by atoms with Crippen LogP contribution in [-0.4, -0.2) is 54.0 Å². The van der Waals surface area contributed by atoms with Crippen molar-refractivity contribution in [1.82, 2.24) is 14.8 Å². The van der Waals surface area contributed by atoms with Gasteiger partial charge in [-0.25, -0.2) is 0 Å². The van der Waals surface area contributed by atoms with Crippen LogP contribution in [0.3, 0.4) is 0 Å². The Balaban J connectivity index is 1.83. The predicted octanol–water partition coefficient (Wildman–Crippen LogP) is 1.98. The van der Waals surface area contributed by atoms with E-state index in [-0.39, 0.29) is 11.9 Å². The van der Waals surface area contributed by atoms with Crippen LogP contribution in [0, 0.1) is 0 Å². The lowest BCUT2D eigenvalue weighted by Crippen LogP contribution is -2.47. The number of aromatic nitrogens is 1. The minimum absolute atomic E-state index is 0.0172. The molecule has 5 heteroatoms. The molecule has 0 fully saturated rings. The summed E-state index contributed by atoms with van der Waals surface area (Å²) in [6.07, 6.45) is 2.04. The van der Waals surface area contributed by atoms with Gasteiger partial charge in [-0.05, 0) is 32.3 Å². The van der Waals surface area contributed by atoms with E-state index in [2.05, 4.69) is 9.88 Å². The van der Waals surface area contributed by atoms with E-state index in [1.54, 1.807) is 6.20 Å². The quantitative estimate of drug-likeness (QED) is 0.862. The number of carbonyl (C=O) groups is 1. The second-order valence-corrected chi connectivity index (χ2v) is 6.35. The van der Waals surface area contributed by atoms with Gasteiger partial charge in [0.2, 0.25) is 5.91 Å².